The number of hydrogen-bond acceptors (Lipinski definition) is 10. The molecule has 0 saturated heterocycles. The highest BCUT2D eigenvalue weighted by Gasteiger charge is 2.35. The Labute approximate surface area is 296 Å². The van der Waals surface area contributed by atoms with Crippen molar-refractivity contribution in [3.63, 3.8) is 0 Å². The van der Waals surface area contributed by atoms with Gasteiger partial charge < -0.3 is 23.7 Å². The van der Waals surface area contributed by atoms with Crippen LogP contribution in [0.1, 0.15) is 36.6 Å². The monoisotopic (exact) mass is 832 g/mol. The Morgan fingerprint density at radius 2 is 1.72 bits per heavy atom. The highest BCUT2D eigenvalue weighted by Crippen LogP contribution is 2.38. The van der Waals surface area contributed by atoms with E-state index in [1.165, 1.54) is 30.1 Å². The van der Waals surface area contributed by atoms with Crippen LogP contribution in [0, 0.1) is 3.57 Å². The van der Waals surface area contributed by atoms with Crippen molar-refractivity contribution in [1.82, 2.24) is 4.57 Å². The van der Waals surface area contributed by atoms with Gasteiger partial charge in [-0.05, 0) is 72.3 Å². The van der Waals surface area contributed by atoms with Gasteiger partial charge in [-0.25, -0.2) is 14.6 Å². The Hall–Kier alpha value is -3.95. The van der Waals surface area contributed by atoms with Crippen LogP contribution < -0.4 is 29.1 Å². The topological polar surface area (TPSA) is 115 Å². The maximum absolute atomic E-state index is 14.4. The first-order chi connectivity index (χ1) is 22.7. The Balaban J connectivity index is 1.79. The normalized spacial score (nSPS) is 14.3. The maximum Gasteiger partial charge on any atom is 0.344 e. The molecule has 0 saturated carbocycles. The first kappa shape index (κ1) is 34.4. The molecule has 1 atom stereocenters. The lowest BCUT2D eigenvalue weighted by Crippen LogP contribution is -2.40. The lowest BCUT2D eigenvalue weighted by molar-refractivity contribution is -0.145. The van der Waals surface area contributed by atoms with E-state index < -0.39 is 18.0 Å². The number of carbonyl (C=O) groups is 2. The molecule has 0 unspecified atom stereocenters. The molecule has 244 valence electrons. The molecule has 10 nitrogen and oxygen atoms in total. The molecule has 0 N–H and O–H groups in total. The zero-order valence-corrected chi connectivity index (χ0v) is 30.4. The minimum Gasteiger partial charge on any atom is -0.493 e. The summed E-state index contributed by atoms with van der Waals surface area (Å²) in [6, 6.07) is 17.3. The third-order valence-corrected chi connectivity index (χ3v) is 9.30. The van der Waals surface area contributed by atoms with Gasteiger partial charge in [0, 0.05) is 15.6 Å². The van der Waals surface area contributed by atoms with Crippen LogP contribution in [-0.2, 0) is 19.1 Å². The van der Waals surface area contributed by atoms with Crippen LogP contribution in [0.4, 0.5) is 0 Å². The van der Waals surface area contributed by atoms with E-state index in [0.717, 1.165) is 8.04 Å². The fraction of sp³-hybridized carbons (Fsp3) is 0.235. The van der Waals surface area contributed by atoms with Gasteiger partial charge in [0.1, 0.15) is 5.75 Å². The molecule has 0 radical (unpaired) electrons. The minimum atomic E-state index is -0.912. The quantitative estimate of drug-likeness (QED) is 0.149. The largest absolute Gasteiger partial charge is 0.493 e. The molecule has 0 fully saturated rings. The number of methoxy groups -OCH3 is 2. The smallest absolute Gasteiger partial charge is 0.344 e. The molecule has 47 heavy (non-hydrogen) atoms. The molecular formula is C34H30BrIN2O8S. The molecule has 2 heterocycles. The van der Waals surface area contributed by atoms with E-state index in [0.29, 0.717) is 49.0 Å². The number of ether oxygens (including phenoxy) is 5. The zero-order chi connectivity index (χ0) is 33.7. The summed E-state index contributed by atoms with van der Waals surface area (Å²) in [5.74, 6) is 0.238. The number of halogens is 2. The van der Waals surface area contributed by atoms with Crippen molar-refractivity contribution in [2.75, 3.05) is 34.0 Å². The van der Waals surface area contributed by atoms with E-state index in [2.05, 4.69) is 38.5 Å². The Bertz CT molecular complexity index is 2040. The molecule has 1 aromatic heterocycles. The van der Waals surface area contributed by atoms with Crippen LogP contribution in [0.2, 0.25) is 0 Å². The second kappa shape index (κ2) is 15.3. The average Bonchev–Trinajstić information content (AvgIpc) is 3.37. The Morgan fingerprint density at radius 1 is 1.00 bits per heavy atom. The predicted molar refractivity (Wildman–Crippen MR) is 190 cm³/mol. The summed E-state index contributed by atoms with van der Waals surface area (Å²) in [6.45, 7) is 3.51. The lowest BCUT2D eigenvalue weighted by Gasteiger charge is -2.26. The van der Waals surface area contributed by atoms with Crippen molar-refractivity contribution < 1.29 is 33.3 Å². The van der Waals surface area contributed by atoms with Crippen molar-refractivity contribution in [2.24, 2.45) is 4.99 Å². The predicted octanol–water partition coefficient (Wildman–Crippen LogP) is 5.26. The maximum atomic E-state index is 14.4. The summed E-state index contributed by atoms with van der Waals surface area (Å²) in [4.78, 5) is 45.6. The minimum absolute atomic E-state index is 0.129. The van der Waals surface area contributed by atoms with Crippen LogP contribution in [0.15, 0.2) is 80.5 Å². The van der Waals surface area contributed by atoms with Gasteiger partial charge in [0.05, 0.1) is 52.8 Å². The number of aromatic nitrogens is 1. The number of benzene rings is 3. The lowest BCUT2D eigenvalue weighted by atomic mass is 9.93. The fourth-order valence-electron chi connectivity index (χ4n) is 5.09. The van der Waals surface area contributed by atoms with Gasteiger partial charge in [-0.15, -0.1) is 0 Å². The van der Waals surface area contributed by atoms with Gasteiger partial charge in [0.25, 0.3) is 5.56 Å². The van der Waals surface area contributed by atoms with Crippen molar-refractivity contribution in [3.05, 3.63) is 111 Å². The highest BCUT2D eigenvalue weighted by atomic mass is 127. The number of esters is 2. The van der Waals surface area contributed by atoms with Gasteiger partial charge in [0.15, 0.2) is 22.9 Å². The summed E-state index contributed by atoms with van der Waals surface area (Å²) < 4.78 is 30.8. The molecule has 0 bridgehead atoms. The first-order valence-electron chi connectivity index (χ1n) is 14.5. The first-order valence-corrected chi connectivity index (χ1v) is 17.2. The van der Waals surface area contributed by atoms with Gasteiger partial charge in [-0.3, -0.25) is 9.36 Å². The number of fused-ring (bicyclic) bond motifs is 1. The summed E-state index contributed by atoms with van der Waals surface area (Å²) in [6.07, 6.45) is 1.69. The molecule has 3 aromatic carbocycles. The van der Waals surface area contributed by atoms with E-state index in [9.17, 15) is 14.4 Å². The van der Waals surface area contributed by atoms with Crippen molar-refractivity contribution >= 4 is 73.6 Å². The summed E-state index contributed by atoms with van der Waals surface area (Å²) in [7, 11) is 3.05. The number of rotatable bonds is 11. The SMILES string of the molecule is CCOC(=O)COc1c(I)cc(Br)cc1/C=c1\sc2n(c1=O)[C@H](c1ccc(OC)c(OC)c1)C(C(=O)OCC)=C(c1ccccc1)N=2. The van der Waals surface area contributed by atoms with E-state index in [-0.39, 0.29) is 31.0 Å². The standard InChI is InChI=1S/C34H30BrIN2O8S/c1-5-44-27(39)18-46-31-21(14-22(35)17-23(31)36)16-26-32(40)38-30(20-12-13-24(42-3)25(15-20)43-4)28(33(41)45-6-2)29(37-34(38)47-26)19-10-8-7-9-11-19/h7-17,30H,5-6,18H2,1-4H3/b26-16-/t30-/m1/s1. The van der Waals surface area contributed by atoms with Crippen LogP contribution >= 0.6 is 49.9 Å². The molecule has 13 heteroatoms. The fourth-order valence-corrected chi connectivity index (χ4v) is 7.79. The second-order valence-corrected chi connectivity index (χ2v) is 13.0. The van der Waals surface area contributed by atoms with Crippen molar-refractivity contribution in [1.29, 1.82) is 0 Å². The molecule has 5 rings (SSSR count). The van der Waals surface area contributed by atoms with Gasteiger partial charge in [-0.2, -0.15) is 0 Å². The highest BCUT2D eigenvalue weighted by molar-refractivity contribution is 14.1. The Morgan fingerprint density at radius 3 is 2.40 bits per heavy atom. The third-order valence-electron chi connectivity index (χ3n) is 7.06. The molecule has 1 aliphatic rings. The number of carbonyl (C=O) groups excluding carboxylic acids is 2. The summed E-state index contributed by atoms with van der Waals surface area (Å²) in [5, 5.41) is 0. The van der Waals surface area contributed by atoms with Crippen LogP contribution in [0.3, 0.4) is 0 Å². The van der Waals surface area contributed by atoms with E-state index >= 15 is 0 Å². The third kappa shape index (κ3) is 7.31. The molecule has 0 spiro atoms. The average molecular weight is 833 g/mol. The summed E-state index contributed by atoms with van der Waals surface area (Å²) in [5.41, 5.74) is 2.07. The number of thiazole rings is 1. The number of nitrogens with zero attached hydrogens (tertiary/aromatic N) is 2. The zero-order valence-electron chi connectivity index (χ0n) is 25.9. The van der Waals surface area contributed by atoms with E-state index in [1.54, 1.807) is 44.2 Å². The number of hydrogen-bond donors (Lipinski definition) is 0. The van der Waals surface area contributed by atoms with Crippen LogP contribution in [-0.4, -0.2) is 50.5 Å². The second-order valence-electron chi connectivity index (χ2n) is 9.95. The molecule has 0 amide bonds. The molecule has 0 aliphatic carbocycles. The summed E-state index contributed by atoms with van der Waals surface area (Å²) >= 11 is 6.81. The van der Waals surface area contributed by atoms with Gasteiger partial charge >= 0.3 is 11.9 Å². The van der Waals surface area contributed by atoms with Gasteiger partial charge in [-0.1, -0.05) is 63.7 Å². The van der Waals surface area contributed by atoms with Crippen LogP contribution in [0.25, 0.3) is 11.8 Å². The molecule has 4 aromatic rings. The van der Waals surface area contributed by atoms with Crippen molar-refractivity contribution in [3.8, 4) is 17.2 Å². The van der Waals surface area contributed by atoms with E-state index in [1.807, 2.05) is 36.4 Å². The molecule has 1 aliphatic heterocycles. The van der Waals surface area contributed by atoms with Gasteiger partial charge in [0.2, 0.25) is 0 Å². The molecular weight excluding hydrogens is 803 g/mol. The van der Waals surface area contributed by atoms with Crippen LogP contribution in [0.5, 0.6) is 17.2 Å². The van der Waals surface area contributed by atoms with E-state index in [4.69, 9.17) is 28.7 Å². The van der Waals surface area contributed by atoms with Crippen molar-refractivity contribution in [2.45, 2.75) is 19.9 Å². The Kier molecular flexibility index (Phi) is 11.2.